The van der Waals surface area contributed by atoms with Gasteiger partial charge >= 0.3 is 0 Å². The van der Waals surface area contributed by atoms with E-state index in [4.69, 9.17) is 12.2 Å². The van der Waals surface area contributed by atoms with Gasteiger partial charge in [0.05, 0.1) is 22.4 Å². The molecule has 2 fully saturated rings. The summed E-state index contributed by atoms with van der Waals surface area (Å²) in [4.78, 5) is 15.5. The number of carbonyl (C=O) groups is 1. The maximum absolute atomic E-state index is 12.2. The highest BCUT2D eigenvalue weighted by Crippen LogP contribution is 2.45. The number of hydrogen-bond donors (Lipinski definition) is 2. The van der Waals surface area contributed by atoms with Gasteiger partial charge in [-0.3, -0.25) is 9.69 Å². The fourth-order valence-corrected chi connectivity index (χ4v) is 5.65. The monoisotopic (exact) mass is 343 g/mol. The Morgan fingerprint density at radius 2 is 2.14 bits per heavy atom. The molecule has 0 aromatic heterocycles. The lowest BCUT2D eigenvalue weighted by molar-refractivity contribution is -0.123. The molecule has 22 heavy (non-hydrogen) atoms. The fraction of sp³-hybridized carbons (Fsp3) is 0.875. The van der Waals surface area contributed by atoms with Gasteiger partial charge in [0.1, 0.15) is 5.78 Å². The molecule has 0 aliphatic carbocycles. The van der Waals surface area contributed by atoms with Crippen molar-refractivity contribution in [2.75, 3.05) is 19.3 Å². The highest BCUT2D eigenvalue weighted by molar-refractivity contribution is 7.99. The number of carbonyl (C=O) groups excluding carboxylic acids is 1. The molecule has 0 amide bonds. The summed E-state index contributed by atoms with van der Waals surface area (Å²) in [5, 5.41) is 7.16. The van der Waals surface area contributed by atoms with Gasteiger partial charge in [-0.25, -0.2) is 0 Å². The number of ketones is 1. The summed E-state index contributed by atoms with van der Waals surface area (Å²) < 4.78 is 0. The first kappa shape index (κ1) is 18.2. The molecule has 0 aromatic rings. The number of hydrogen-bond acceptors (Lipinski definition) is 5. The van der Waals surface area contributed by atoms with Crippen LogP contribution in [0.5, 0.6) is 0 Å². The SMILES string of the molecule is CN[C@@H](C)C(=S)N[C@H]1CCS[C@H]2CC(C)(C)[C@@H](C(C)=O)N2C1. The van der Waals surface area contributed by atoms with Crippen molar-refractivity contribution in [1.29, 1.82) is 0 Å². The predicted octanol–water partition coefficient (Wildman–Crippen LogP) is 2.03. The summed E-state index contributed by atoms with van der Waals surface area (Å²) >= 11 is 7.48. The molecule has 2 heterocycles. The number of likely N-dealkylation sites (N-methyl/N-ethyl adjacent to an activating group) is 1. The molecular weight excluding hydrogens is 314 g/mol. The third-order valence-electron chi connectivity index (χ3n) is 4.91. The average Bonchev–Trinajstić information content (AvgIpc) is 2.55. The fourth-order valence-electron chi connectivity index (χ4n) is 3.72. The molecule has 6 heteroatoms. The van der Waals surface area contributed by atoms with Crippen LogP contribution in [0.4, 0.5) is 0 Å². The predicted molar refractivity (Wildman–Crippen MR) is 98.5 cm³/mol. The van der Waals surface area contributed by atoms with E-state index in [0.717, 1.165) is 30.1 Å². The first-order chi connectivity index (χ1) is 10.3. The number of nitrogens with zero attached hydrogens (tertiary/aromatic N) is 1. The first-order valence-corrected chi connectivity index (χ1v) is 9.57. The van der Waals surface area contributed by atoms with Gasteiger partial charge in [-0.1, -0.05) is 26.1 Å². The molecule has 2 aliphatic rings. The van der Waals surface area contributed by atoms with Crippen LogP contribution in [0.3, 0.4) is 0 Å². The van der Waals surface area contributed by atoms with Crippen molar-refractivity contribution in [1.82, 2.24) is 15.5 Å². The number of fused-ring (bicyclic) bond motifs is 1. The Morgan fingerprint density at radius 1 is 1.45 bits per heavy atom. The molecule has 2 aliphatic heterocycles. The van der Waals surface area contributed by atoms with Gasteiger partial charge in [0, 0.05) is 12.6 Å². The third kappa shape index (κ3) is 3.83. The lowest BCUT2D eigenvalue weighted by Crippen LogP contribution is -2.52. The van der Waals surface area contributed by atoms with E-state index in [2.05, 4.69) is 36.3 Å². The molecule has 0 bridgehead atoms. The van der Waals surface area contributed by atoms with Crippen molar-refractivity contribution < 1.29 is 4.79 Å². The second kappa shape index (κ2) is 7.16. The van der Waals surface area contributed by atoms with Gasteiger partial charge in [0.15, 0.2) is 0 Å². The second-order valence-corrected chi connectivity index (χ2v) is 8.96. The minimum absolute atomic E-state index is 0.0303. The largest absolute Gasteiger partial charge is 0.374 e. The summed E-state index contributed by atoms with van der Waals surface area (Å²) in [6.45, 7) is 9.16. The molecule has 0 spiro atoms. The first-order valence-electron chi connectivity index (χ1n) is 8.11. The molecule has 126 valence electrons. The molecular formula is C16H29N3OS2. The number of rotatable bonds is 4. The standard InChI is InChI=1S/C16H29N3OS2/c1-10(17-5)15(21)18-12-6-7-22-13-8-16(3,4)14(11(2)20)19(13)9-12/h10,12-14,17H,6-9H2,1-5H3,(H,18,21)/t10-,12-,13-,14+/m0/s1. The van der Waals surface area contributed by atoms with Gasteiger partial charge in [-0.15, -0.1) is 11.8 Å². The van der Waals surface area contributed by atoms with E-state index in [1.807, 2.05) is 18.8 Å². The molecule has 0 aromatic carbocycles. The van der Waals surface area contributed by atoms with Crippen LogP contribution in [-0.4, -0.2) is 58.5 Å². The molecule has 4 nitrogen and oxygen atoms in total. The third-order valence-corrected chi connectivity index (χ3v) is 6.67. The average molecular weight is 344 g/mol. The van der Waals surface area contributed by atoms with Crippen LogP contribution < -0.4 is 10.6 Å². The van der Waals surface area contributed by atoms with E-state index in [-0.39, 0.29) is 17.5 Å². The zero-order chi connectivity index (χ0) is 16.5. The summed E-state index contributed by atoms with van der Waals surface area (Å²) in [5.41, 5.74) is 0.0597. The Kier molecular flexibility index (Phi) is 5.91. The molecule has 0 saturated carbocycles. The van der Waals surface area contributed by atoms with E-state index >= 15 is 0 Å². The topological polar surface area (TPSA) is 44.4 Å². The Hall–Kier alpha value is -0.170. The molecule has 0 unspecified atom stereocenters. The quantitative estimate of drug-likeness (QED) is 0.762. The van der Waals surface area contributed by atoms with Crippen LogP contribution in [0.2, 0.25) is 0 Å². The van der Waals surface area contributed by atoms with Crippen LogP contribution in [0.1, 0.15) is 40.5 Å². The Balaban J connectivity index is 2.10. The molecule has 2 N–H and O–H groups in total. The van der Waals surface area contributed by atoms with Crippen molar-refractivity contribution in [2.24, 2.45) is 5.41 Å². The zero-order valence-electron chi connectivity index (χ0n) is 14.3. The zero-order valence-corrected chi connectivity index (χ0v) is 15.9. The second-order valence-electron chi connectivity index (χ2n) is 7.23. The highest BCUT2D eigenvalue weighted by atomic mass is 32.2. The van der Waals surface area contributed by atoms with E-state index in [1.54, 1.807) is 6.92 Å². The molecule has 4 atom stereocenters. The maximum Gasteiger partial charge on any atom is 0.147 e. The Bertz CT molecular complexity index is 441. The van der Waals surface area contributed by atoms with Gasteiger partial charge < -0.3 is 10.6 Å². The molecule has 2 rings (SSSR count). The number of nitrogens with one attached hydrogen (secondary N) is 2. The van der Waals surface area contributed by atoms with E-state index in [0.29, 0.717) is 17.2 Å². The van der Waals surface area contributed by atoms with Crippen molar-refractivity contribution >= 4 is 34.8 Å². The molecule has 2 saturated heterocycles. The van der Waals surface area contributed by atoms with Crippen LogP contribution in [0, 0.1) is 5.41 Å². The van der Waals surface area contributed by atoms with Crippen molar-refractivity contribution in [3.8, 4) is 0 Å². The minimum atomic E-state index is 0.0303. The van der Waals surface area contributed by atoms with E-state index < -0.39 is 0 Å². The number of thiocarbonyl (C=S) groups is 1. The minimum Gasteiger partial charge on any atom is -0.374 e. The summed E-state index contributed by atoms with van der Waals surface area (Å²) in [6, 6.07) is 0.541. The van der Waals surface area contributed by atoms with E-state index in [1.165, 1.54) is 0 Å². The van der Waals surface area contributed by atoms with Gasteiger partial charge in [0.2, 0.25) is 0 Å². The summed E-state index contributed by atoms with van der Waals surface area (Å²) in [7, 11) is 1.92. The van der Waals surface area contributed by atoms with Crippen LogP contribution in [0.15, 0.2) is 0 Å². The van der Waals surface area contributed by atoms with Crippen molar-refractivity contribution in [2.45, 2.75) is 64.0 Å². The van der Waals surface area contributed by atoms with Crippen LogP contribution in [-0.2, 0) is 4.79 Å². The molecule has 0 radical (unpaired) electrons. The highest BCUT2D eigenvalue weighted by Gasteiger charge is 2.50. The van der Waals surface area contributed by atoms with Crippen LogP contribution in [0.25, 0.3) is 0 Å². The van der Waals surface area contributed by atoms with Gasteiger partial charge in [0.25, 0.3) is 0 Å². The van der Waals surface area contributed by atoms with Crippen molar-refractivity contribution in [3.63, 3.8) is 0 Å². The normalized spacial score (nSPS) is 32.9. The summed E-state index contributed by atoms with van der Waals surface area (Å²) in [5.74, 6) is 1.41. The van der Waals surface area contributed by atoms with Gasteiger partial charge in [-0.2, -0.15) is 0 Å². The smallest absolute Gasteiger partial charge is 0.147 e. The lowest BCUT2D eigenvalue weighted by Gasteiger charge is -2.33. The Labute approximate surface area is 144 Å². The lowest BCUT2D eigenvalue weighted by atomic mass is 9.83. The van der Waals surface area contributed by atoms with E-state index in [9.17, 15) is 4.79 Å². The Morgan fingerprint density at radius 3 is 2.73 bits per heavy atom. The van der Waals surface area contributed by atoms with Gasteiger partial charge in [-0.05, 0) is 44.9 Å². The number of thioether (sulfide) groups is 1. The summed E-state index contributed by atoms with van der Waals surface area (Å²) in [6.07, 6.45) is 2.19. The maximum atomic E-state index is 12.2. The van der Waals surface area contributed by atoms with Crippen molar-refractivity contribution in [3.05, 3.63) is 0 Å². The number of Topliss-reactive ketones (excluding diaryl/α,β-unsaturated/α-hetero) is 1. The van der Waals surface area contributed by atoms with Crippen LogP contribution >= 0.6 is 24.0 Å².